The van der Waals surface area contributed by atoms with E-state index in [1.165, 1.54) is 0 Å². The normalized spacial score (nSPS) is 13.8. The average Bonchev–Trinajstić information content (AvgIpc) is 2.56. The zero-order valence-corrected chi connectivity index (χ0v) is 13.0. The molecule has 0 aliphatic carbocycles. The summed E-state index contributed by atoms with van der Waals surface area (Å²) in [5, 5.41) is 1.71. The molecule has 0 fully saturated rings. The van der Waals surface area contributed by atoms with Gasteiger partial charge in [-0.05, 0) is 29.8 Å². The summed E-state index contributed by atoms with van der Waals surface area (Å²) >= 11 is 5.89. The minimum absolute atomic E-state index is 0.379. The first-order chi connectivity index (χ1) is 11.2. The Balaban J connectivity index is 1.64. The number of ether oxygens (including phenoxy) is 1. The molecule has 1 aromatic heterocycles. The second kappa shape index (κ2) is 5.56. The van der Waals surface area contributed by atoms with E-state index in [2.05, 4.69) is 4.98 Å². The van der Waals surface area contributed by atoms with Crippen LogP contribution >= 0.6 is 11.6 Å². The molecule has 4 nitrogen and oxygen atoms in total. The molecule has 0 bridgehead atoms. The first-order valence-corrected chi connectivity index (χ1v) is 7.67. The Morgan fingerprint density at radius 1 is 1.13 bits per heavy atom. The number of fused-ring (bicyclic) bond motifs is 2. The van der Waals surface area contributed by atoms with Crippen molar-refractivity contribution in [2.75, 3.05) is 0 Å². The van der Waals surface area contributed by atoms with Crippen LogP contribution in [-0.4, -0.2) is 16.0 Å². The average molecular weight is 325 g/mol. The number of para-hydroxylation sites is 1. The van der Waals surface area contributed by atoms with Crippen LogP contribution in [0.4, 0.5) is 4.79 Å². The number of nitrogens with zero attached hydrogens (tertiary/aromatic N) is 2. The number of carbonyl (C=O) groups excluding carboxylic acids is 1. The smallest absolute Gasteiger partial charge is 0.391 e. The Labute approximate surface area is 138 Å². The van der Waals surface area contributed by atoms with Gasteiger partial charge in [0.1, 0.15) is 0 Å². The highest BCUT2D eigenvalue weighted by Crippen LogP contribution is 2.28. The molecular weight excluding hydrogens is 312 g/mol. The SMILES string of the molecule is O=C1Oc2nc3ccccc3cc2CN1Cc1ccc(Cl)cc1. The second-order valence-electron chi connectivity index (χ2n) is 5.50. The van der Waals surface area contributed by atoms with E-state index in [0.29, 0.717) is 24.0 Å². The molecule has 2 aromatic carbocycles. The van der Waals surface area contributed by atoms with E-state index in [1.807, 2.05) is 54.6 Å². The van der Waals surface area contributed by atoms with Crippen molar-refractivity contribution in [2.24, 2.45) is 0 Å². The lowest BCUT2D eigenvalue weighted by Gasteiger charge is -2.27. The van der Waals surface area contributed by atoms with Crippen molar-refractivity contribution in [1.29, 1.82) is 0 Å². The van der Waals surface area contributed by atoms with Crippen LogP contribution in [0.15, 0.2) is 54.6 Å². The van der Waals surface area contributed by atoms with Gasteiger partial charge in [0.2, 0.25) is 5.88 Å². The molecule has 1 amide bonds. The molecule has 23 heavy (non-hydrogen) atoms. The van der Waals surface area contributed by atoms with E-state index in [1.54, 1.807) is 4.90 Å². The van der Waals surface area contributed by atoms with Gasteiger partial charge >= 0.3 is 6.09 Å². The predicted octanol–water partition coefficient (Wildman–Crippen LogP) is 4.40. The fourth-order valence-electron chi connectivity index (χ4n) is 2.69. The molecule has 0 spiro atoms. The number of aromatic nitrogens is 1. The van der Waals surface area contributed by atoms with E-state index in [9.17, 15) is 4.79 Å². The summed E-state index contributed by atoms with van der Waals surface area (Å²) in [6, 6.07) is 17.3. The minimum atomic E-state index is -0.379. The Morgan fingerprint density at radius 3 is 2.74 bits per heavy atom. The largest absolute Gasteiger partial charge is 0.417 e. The molecule has 0 saturated carbocycles. The van der Waals surface area contributed by atoms with Crippen LogP contribution in [0.3, 0.4) is 0 Å². The summed E-state index contributed by atoms with van der Waals surface area (Å²) in [6.07, 6.45) is -0.379. The summed E-state index contributed by atoms with van der Waals surface area (Å²) < 4.78 is 5.40. The van der Waals surface area contributed by atoms with E-state index >= 15 is 0 Å². The fourth-order valence-corrected chi connectivity index (χ4v) is 2.82. The quantitative estimate of drug-likeness (QED) is 0.701. The molecule has 3 aromatic rings. The molecule has 1 aliphatic heterocycles. The zero-order valence-electron chi connectivity index (χ0n) is 12.2. The topological polar surface area (TPSA) is 42.4 Å². The highest BCUT2D eigenvalue weighted by Gasteiger charge is 2.26. The molecular formula is C18H13ClN2O2. The van der Waals surface area contributed by atoms with E-state index in [0.717, 1.165) is 22.0 Å². The van der Waals surface area contributed by atoms with Gasteiger partial charge in [0.15, 0.2) is 0 Å². The Bertz CT molecular complexity index is 893. The van der Waals surface area contributed by atoms with Crippen LogP contribution in [0.25, 0.3) is 10.9 Å². The van der Waals surface area contributed by atoms with Gasteiger partial charge in [-0.1, -0.05) is 41.9 Å². The molecule has 1 aliphatic rings. The number of pyridine rings is 1. The number of carbonyl (C=O) groups is 1. The molecule has 0 N–H and O–H groups in total. The van der Waals surface area contributed by atoms with Crippen LogP contribution in [-0.2, 0) is 13.1 Å². The number of hydrogen-bond donors (Lipinski definition) is 0. The monoisotopic (exact) mass is 324 g/mol. The first kappa shape index (κ1) is 14.0. The van der Waals surface area contributed by atoms with Gasteiger partial charge in [0, 0.05) is 22.5 Å². The number of benzene rings is 2. The summed E-state index contributed by atoms with van der Waals surface area (Å²) in [4.78, 5) is 18.3. The van der Waals surface area contributed by atoms with E-state index in [-0.39, 0.29) is 6.09 Å². The van der Waals surface area contributed by atoms with Crippen molar-refractivity contribution >= 4 is 28.6 Å². The molecule has 114 valence electrons. The Morgan fingerprint density at radius 2 is 1.91 bits per heavy atom. The maximum atomic E-state index is 12.2. The van der Waals surface area contributed by atoms with Crippen molar-refractivity contribution in [3.05, 3.63) is 70.7 Å². The maximum absolute atomic E-state index is 12.2. The lowest BCUT2D eigenvalue weighted by Crippen LogP contribution is -2.36. The summed E-state index contributed by atoms with van der Waals surface area (Å²) in [6.45, 7) is 0.955. The lowest BCUT2D eigenvalue weighted by molar-refractivity contribution is 0.133. The summed E-state index contributed by atoms with van der Waals surface area (Å²) in [5.74, 6) is 0.404. The van der Waals surface area contributed by atoms with Gasteiger partial charge in [0.05, 0.1) is 12.1 Å². The van der Waals surface area contributed by atoms with Gasteiger partial charge < -0.3 is 4.74 Å². The highest BCUT2D eigenvalue weighted by atomic mass is 35.5. The molecule has 0 atom stereocenters. The van der Waals surface area contributed by atoms with Gasteiger partial charge in [-0.2, -0.15) is 0 Å². The fraction of sp³-hybridized carbons (Fsp3) is 0.111. The third-order valence-electron chi connectivity index (χ3n) is 3.85. The van der Waals surface area contributed by atoms with Gasteiger partial charge in [-0.15, -0.1) is 0 Å². The third-order valence-corrected chi connectivity index (χ3v) is 4.11. The summed E-state index contributed by atoms with van der Waals surface area (Å²) in [7, 11) is 0. The second-order valence-corrected chi connectivity index (χ2v) is 5.93. The van der Waals surface area contributed by atoms with Crippen molar-refractivity contribution < 1.29 is 9.53 Å². The number of hydrogen-bond acceptors (Lipinski definition) is 3. The lowest BCUT2D eigenvalue weighted by atomic mass is 10.1. The molecule has 0 saturated heterocycles. The minimum Gasteiger partial charge on any atom is -0.391 e. The third kappa shape index (κ3) is 2.73. The van der Waals surface area contributed by atoms with Crippen molar-refractivity contribution in [1.82, 2.24) is 9.88 Å². The zero-order chi connectivity index (χ0) is 15.8. The van der Waals surface area contributed by atoms with Crippen molar-refractivity contribution in [2.45, 2.75) is 13.1 Å². The maximum Gasteiger partial charge on any atom is 0.417 e. The van der Waals surface area contributed by atoms with Crippen LogP contribution < -0.4 is 4.74 Å². The summed E-state index contributed by atoms with van der Waals surface area (Å²) in [5.41, 5.74) is 2.74. The molecule has 5 heteroatoms. The molecule has 0 unspecified atom stereocenters. The molecule has 4 rings (SSSR count). The Kier molecular flexibility index (Phi) is 3.39. The number of amides is 1. The van der Waals surface area contributed by atoms with Gasteiger partial charge in [-0.3, -0.25) is 4.90 Å². The Hall–Kier alpha value is -2.59. The van der Waals surface area contributed by atoms with Crippen molar-refractivity contribution in [3.63, 3.8) is 0 Å². The van der Waals surface area contributed by atoms with Crippen LogP contribution in [0.5, 0.6) is 5.88 Å². The van der Waals surface area contributed by atoms with E-state index < -0.39 is 0 Å². The highest BCUT2D eigenvalue weighted by molar-refractivity contribution is 6.30. The predicted molar refractivity (Wildman–Crippen MR) is 88.5 cm³/mol. The number of halogens is 1. The molecule has 0 radical (unpaired) electrons. The number of rotatable bonds is 2. The van der Waals surface area contributed by atoms with Crippen LogP contribution in [0.2, 0.25) is 5.02 Å². The van der Waals surface area contributed by atoms with Gasteiger partial charge in [-0.25, -0.2) is 9.78 Å². The van der Waals surface area contributed by atoms with Crippen LogP contribution in [0.1, 0.15) is 11.1 Å². The van der Waals surface area contributed by atoms with Crippen molar-refractivity contribution in [3.8, 4) is 5.88 Å². The van der Waals surface area contributed by atoms with E-state index in [4.69, 9.17) is 16.3 Å². The van der Waals surface area contributed by atoms with Gasteiger partial charge in [0.25, 0.3) is 0 Å². The standard InChI is InChI=1S/C18H13ClN2O2/c19-15-7-5-12(6-8-15)10-21-11-14-9-13-3-1-2-4-16(13)20-17(14)23-18(21)22/h1-9H,10-11H2. The van der Waals surface area contributed by atoms with Crippen LogP contribution in [0, 0.1) is 0 Å². The first-order valence-electron chi connectivity index (χ1n) is 7.29. The molecule has 2 heterocycles.